The largest absolute Gasteiger partial charge is 0.398 e. The summed E-state index contributed by atoms with van der Waals surface area (Å²) in [5, 5.41) is 0. The van der Waals surface area contributed by atoms with E-state index in [9.17, 15) is 4.79 Å². The number of hydrogen-bond donors (Lipinski definition) is 1. The van der Waals surface area contributed by atoms with E-state index in [-0.39, 0.29) is 5.91 Å². The van der Waals surface area contributed by atoms with Crippen LogP contribution in [-0.4, -0.2) is 24.4 Å². The lowest BCUT2D eigenvalue weighted by molar-refractivity contribution is -0.130. The van der Waals surface area contributed by atoms with Crippen molar-refractivity contribution in [3.8, 4) is 0 Å². The highest BCUT2D eigenvalue weighted by Crippen LogP contribution is 2.37. The zero-order valence-corrected chi connectivity index (χ0v) is 9.16. The fourth-order valence-corrected chi connectivity index (χ4v) is 2.27. The van der Waals surface area contributed by atoms with Gasteiger partial charge in [0.15, 0.2) is 0 Å². The highest BCUT2D eigenvalue weighted by molar-refractivity contribution is 5.91. The van der Waals surface area contributed by atoms with Crippen molar-refractivity contribution < 1.29 is 4.79 Å². The van der Waals surface area contributed by atoms with Crippen molar-refractivity contribution in [3.05, 3.63) is 29.8 Å². The number of likely N-dealkylation sites (N-methyl/N-ethyl adjacent to an activating group) is 1. The second kappa shape index (κ2) is 3.26. The summed E-state index contributed by atoms with van der Waals surface area (Å²) in [4.78, 5) is 13.8. The normalized spacial score (nSPS) is 26.0. The Bertz CT molecular complexity index is 402. The molecule has 0 radical (unpaired) electrons. The number of benzene rings is 1. The van der Waals surface area contributed by atoms with E-state index in [1.54, 1.807) is 4.90 Å². The molecular formula is C12H16N2O. The molecule has 0 spiro atoms. The third kappa shape index (κ3) is 1.39. The fraction of sp³-hybridized carbons (Fsp3) is 0.417. The summed E-state index contributed by atoms with van der Waals surface area (Å²) in [5.41, 5.74) is 7.16. The number of amides is 1. The number of nitrogens with two attached hydrogens (primary N) is 1. The van der Waals surface area contributed by atoms with Gasteiger partial charge in [0.1, 0.15) is 0 Å². The number of nitrogens with zero attached hydrogens (tertiary/aromatic N) is 1. The van der Waals surface area contributed by atoms with E-state index in [2.05, 4.69) is 0 Å². The van der Waals surface area contributed by atoms with E-state index < -0.39 is 5.41 Å². The maximum Gasteiger partial charge on any atom is 0.232 e. The smallest absolute Gasteiger partial charge is 0.232 e. The van der Waals surface area contributed by atoms with Gasteiger partial charge in [0.05, 0.1) is 5.41 Å². The fourth-order valence-electron chi connectivity index (χ4n) is 2.27. The second-order valence-corrected chi connectivity index (χ2v) is 4.40. The lowest BCUT2D eigenvalue weighted by atomic mass is 9.80. The molecule has 0 bridgehead atoms. The Hall–Kier alpha value is -1.51. The lowest BCUT2D eigenvalue weighted by Crippen LogP contribution is -2.34. The molecule has 1 saturated heterocycles. The van der Waals surface area contributed by atoms with Crippen LogP contribution < -0.4 is 5.73 Å². The van der Waals surface area contributed by atoms with Gasteiger partial charge in [-0.25, -0.2) is 0 Å². The first-order valence-electron chi connectivity index (χ1n) is 5.16. The summed E-state index contributed by atoms with van der Waals surface area (Å²) in [7, 11) is 1.84. The number of carbonyl (C=O) groups excluding carboxylic acids is 1. The molecule has 1 aromatic rings. The van der Waals surface area contributed by atoms with Gasteiger partial charge < -0.3 is 10.6 Å². The Balaban J connectivity index is 2.47. The van der Waals surface area contributed by atoms with E-state index in [1.165, 1.54) is 0 Å². The molecule has 3 heteroatoms. The maximum absolute atomic E-state index is 12.1. The molecule has 1 aliphatic rings. The molecule has 15 heavy (non-hydrogen) atoms. The quantitative estimate of drug-likeness (QED) is 0.703. The summed E-state index contributed by atoms with van der Waals surface area (Å²) in [6.45, 7) is 2.79. The molecule has 80 valence electrons. The van der Waals surface area contributed by atoms with Crippen LogP contribution in [0, 0.1) is 0 Å². The number of para-hydroxylation sites is 1. The van der Waals surface area contributed by atoms with Gasteiger partial charge in [0, 0.05) is 19.3 Å². The van der Waals surface area contributed by atoms with E-state index in [4.69, 9.17) is 5.73 Å². The molecule has 1 amide bonds. The number of nitrogen functional groups attached to an aromatic ring is 1. The van der Waals surface area contributed by atoms with Crippen LogP contribution in [0.3, 0.4) is 0 Å². The molecule has 0 saturated carbocycles. The van der Waals surface area contributed by atoms with E-state index in [0.29, 0.717) is 5.69 Å². The van der Waals surface area contributed by atoms with Crippen LogP contribution >= 0.6 is 0 Å². The second-order valence-electron chi connectivity index (χ2n) is 4.40. The number of likely N-dealkylation sites (tertiary alicyclic amines) is 1. The minimum absolute atomic E-state index is 0.167. The molecule has 1 heterocycles. The van der Waals surface area contributed by atoms with Crippen LogP contribution in [0.5, 0.6) is 0 Å². The lowest BCUT2D eigenvalue weighted by Gasteiger charge is -2.23. The van der Waals surface area contributed by atoms with Gasteiger partial charge in [-0.15, -0.1) is 0 Å². The zero-order chi connectivity index (χ0) is 11.1. The van der Waals surface area contributed by atoms with Crippen LogP contribution in [0.2, 0.25) is 0 Å². The minimum atomic E-state index is -0.430. The van der Waals surface area contributed by atoms with Crippen molar-refractivity contribution in [2.24, 2.45) is 0 Å². The first kappa shape index (κ1) is 10.0. The highest BCUT2D eigenvalue weighted by Gasteiger charge is 2.43. The van der Waals surface area contributed by atoms with Gasteiger partial charge >= 0.3 is 0 Å². The molecule has 0 aromatic heterocycles. The topological polar surface area (TPSA) is 46.3 Å². The molecule has 2 rings (SSSR count). The van der Waals surface area contributed by atoms with Crippen molar-refractivity contribution in [2.45, 2.75) is 18.8 Å². The Morgan fingerprint density at radius 2 is 2.07 bits per heavy atom. The molecule has 3 nitrogen and oxygen atoms in total. The zero-order valence-electron chi connectivity index (χ0n) is 9.16. The van der Waals surface area contributed by atoms with Gasteiger partial charge in [-0.05, 0) is 25.0 Å². The molecular weight excluding hydrogens is 188 g/mol. The Morgan fingerprint density at radius 3 is 2.60 bits per heavy atom. The number of hydrogen-bond acceptors (Lipinski definition) is 2. The van der Waals surface area contributed by atoms with Crippen LogP contribution in [-0.2, 0) is 10.2 Å². The summed E-state index contributed by atoms with van der Waals surface area (Å²) < 4.78 is 0. The van der Waals surface area contributed by atoms with Crippen LogP contribution in [0.4, 0.5) is 5.69 Å². The first-order chi connectivity index (χ1) is 7.05. The minimum Gasteiger partial charge on any atom is -0.398 e. The predicted molar refractivity (Wildman–Crippen MR) is 60.5 cm³/mol. The Labute approximate surface area is 89.9 Å². The van der Waals surface area contributed by atoms with Gasteiger partial charge in [-0.1, -0.05) is 18.2 Å². The van der Waals surface area contributed by atoms with Crippen LogP contribution in [0.25, 0.3) is 0 Å². The first-order valence-corrected chi connectivity index (χ1v) is 5.16. The van der Waals surface area contributed by atoms with Gasteiger partial charge in [0.25, 0.3) is 0 Å². The van der Waals surface area contributed by atoms with Gasteiger partial charge in [0.2, 0.25) is 5.91 Å². The van der Waals surface area contributed by atoms with E-state index in [1.807, 2.05) is 38.2 Å². The van der Waals surface area contributed by atoms with Crippen molar-refractivity contribution in [2.75, 3.05) is 19.3 Å². The molecule has 1 aliphatic heterocycles. The maximum atomic E-state index is 12.1. The SMILES string of the molecule is CN1CC[C@@](C)(c2ccccc2N)C1=O. The Kier molecular flexibility index (Phi) is 2.18. The third-order valence-corrected chi connectivity index (χ3v) is 3.32. The van der Waals surface area contributed by atoms with E-state index in [0.717, 1.165) is 18.5 Å². The molecule has 0 unspecified atom stereocenters. The van der Waals surface area contributed by atoms with Crippen LogP contribution in [0.15, 0.2) is 24.3 Å². The van der Waals surface area contributed by atoms with E-state index >= 15 is 0 Å². The molecule has 1 aromatic carbocycles. The van der Waals surface area contributed by atoms with Crippen LogP contribution in [0.1, 0.15) is 18.9 Å². The molecule has 1 fully saturated rings. The standard InChI is InChI=1S/C12H16N2O/c1-12(7-8-14(2)11(12)15)9-5-3-4-6-10(9)13/h3-6H,7-8,13H2,1-2H3/t12-/m0/s1. The van der Waals surface area contributed by atoms with Crippen molar-refractivity contribution >= 4 is 11.6 Å². The number of carbonyl (C=O) groups is 1. The summed E-state index contributed by atoms with van der Waals surface area (Å²) >= 11 is 0. The highest BCUT2D eigenvalue weighted by atomic mass is 16.2. The van der Waals surface area contributed by atoms with Crippen molar-refractivity contribution in [1.29, 1.82) is 0 Å². The summed E-state index contributed by atoms with van der Waals surface area (Å²) in [6, 6.07) is 7.63. The average Bonchev–Trinajstić information content (AvgIpc) is 2.48. The predicted octanol–water partition coefficient (Wildman–Crippen LogP) is 1.39. The molecule has 1 atom stereocenters. The molecule has 0 aliphatic carbocycles. The Morgan fingerprint density at radius 1 is 1.40 bits per heavy atom. The summed E-state index contributed by atoms with van der Waals surface area (Å²) in [5.74, 6) is 0.167. The summed E-state index contributed by atoms with van der Waals surface area (Å²) in [6.07, 6.45) is 0.844. The molecule has 2 N–H and O–H groups in total. The monoisotopic (exact) mass is 204 g/mol. The number of rotatable bonds is 1. The number of anilines is 1. The average molecular weight is 204 g/mol. The van der Waals surface area contributed by atoms with Gasteiger partial charge in [-0.2, -0.15) is 0 Å². The third-order valence-electron chi connectivity index (χ3n) is 3.32. The van der Waals surface area contributed by atoms with Crippen molar-refractivity contribution in [3.63, 3.8) is 0 Å². The van der Waals surface area contributed by atoms with Crippen molar-refractivity contribution in [1.82, 2.24) is 4.90 Å². The van der Waals surface area contributed by atoms with Gasteiger partial charge in [-0.3, -0.25) is 4.79 Å².